The van der Waals surface area contributed by atoms with Gasteiger partial charge in [0, 0.05) is 13.2 Å². The quantitative estimate of drug-likeness (QED) is 0.676. The number of carbonyl (C=O) groups excluding carboxylic acids is 1. The highest BCUT2D eigenvalue weighted by atomic mass is 16.5. The van der Waals surface area contributed by atoms with Crippen LogP contribution in [-0.2, 0) is 7.05 Å². The monoisotopic (exact) mass is 277 g/mol. The summed E-state index contributed by atoms with van der Waals surface area (Å²) in [6.07, 6.45) is 2.16. The fourth-order valence-electron chi connectivity index (χ4n) is 3.08. The lowest BCUT2D eigenvalue weighted by molar-refractivity contribution is 0.0844. The molecule has 3 heteroatoms. The number of ketones is 1. The van der Waals surface area contributed by atoms with Crippen molar-refractivity contribution in [2.45, 2.75) is 12.5 Å². The van der Waals surface area contributed by atoms with Gasteiger partial charge in [-0.05, 0) is 29.0 Å². The molecule has 0 bridgehead atoms. The van der Waals surface area contributed by atoms with Crippen molar-refractivity contribution in [3.05, 3.63) is 66.0 Å². The minimum Gasteiger partial charge on any atom is -0.483 e. The van der Waals surface area contributed by atoms with Gasteiger partial charge in [0.05, 0.1) is 17.7 Å². The van der Waals surface area contributed by atoms with Crippen molar-refractivity contribution >= 4 is 16.6 Å². The molecule has 4 rings (SSSR count). The van der Waals surface area contributed by atoms with E-state index in [0.29, 0.717) is 12.2 Å². The number of benzene rings is 2. The molecule has 0 amide bonds. The largest absolute Gasteiger partial charge is 0.483 e. The van der Waals surface area contributed by atoms with Crippen LogP contribution in [0.5, 0.6) is 5.75 Å². The molecule has 2 heterocycles. The van der Waals surface area contributed by atoms with Gasteiger partial charge in [-0.1, -0.05) is 30.3 Å². The molecule has 0 radical (unpaired) electrons. The Labute approximate surface area is 122 Å². The zero-order valence-corrected chi connectivity index (χ0v) is 11.7. The van der Waals surface area contributed by atoms with E-state index in [2.05, 4.69) is 0 Å². The molecule has 1 aliphatic heterocycles. The summed E-state index contributed by atoms with van der Waals surface area (Å²) < 4.78 is 8.10. The number of aryl methyl sites for hydroxylation is 1. The number of carbonyl (C=O) groups is 1. The predicted molar refractivity (Wildman–Crippen MR) is 81.7 cm³/mol. The third kappa shape index (κ3) is 1.85. The van der Waals surface area contributed by atoms with E-state index in [9.17, 15) is 4.79 Å². The van der Waals surface area contributed by atoms with Crippen molar-refractivity contribution < 1.29 is 9.53 Å². The second kappa shape index (κ2) is 4.48. The lowest BCUT2D eigenvalue weighted by Gasteiger charge is -2.26. The molecule has 1 aliphatic rings. The molecule has 0 aliphatic carbocycles. The fraction of sp³-hybridized carbons (Fsp3) is 0.167. The smallest absolute Gasteiger partial charge is 0.171 e. The van der Waals surface area contributed by atoms with Gasteiger partial charge in [-0.3, -0.25) is 4.79 Å². The van der Waals surface area contributed by atoms with Crippen LogP contribution in [0.1, 0.15) is 28.6 Å². The molecule has 2 aromatic carbocycles. The van der Waals surface area contributed by atoms with Crippen LogP contribution in [0.15, 0.2) is 54.7 Å². The standard InChI is InChI=1S/C18H15NO2/c1-19-10-4-7-14(19)17-11-15(20)18-13-6-3-2-5-12(13)8-9-16(18)21-17/h2-10,17H,11H2,1H3. The van der Waals surface area contributed by atoms with Crippen LogP contribution < -0.4 is 4.74 Å². The minimum absolute atomic E-state index is 0.152. The van der Waals surface area contributed by atoms with Gasteiger partial charge in [0.2, 0.25) is 0 Å². The molecular weight excluding hydrogens is 262 g/mol. The Kier molecular flexibility index (Phi) is 2.61. The lowest BCUT2D eigenvalue weighted by atomic mass is 9.94. The van der Waals surface area contributed by atoms with Crippen molar-refractivity contribution in [2.24, 2.45) is 7.05 Å². The number of rotatable bonds is 1. The first-order chi connectivity index (χ1) is 10.2. The highest BCUT2D eigenvalue weighted by Crippen LogP contribution is 2.38. The van der Waals surface area contributed by atoms with Crippen LogP contribution in [0.3, 0.4) is 0 Å². The van der Waals surface area contributed by atoms with E-state index in [1.807, 2.05) is 66.3 Å². The Morgan fingerprint density at radius 1 is 1.10 bits per heavy atom. The van der Waals surface area contributed by atoms with Gasteiger partial charge >= 0.3 is 0 Å². The Morgan fingerprint density at radius 2 is 1.95 bits per heavy atom. The van der Waals surface area contributed by atoms with Crippen LogP contribution in [-0.4, -0.2) is 10.4 Å². The molecule has 0 fully saturated rings. The van der Waals surface area contributed by atoms with Crippen molar-refractivity contribution in [1.29, 1.82) is 0 Å². The van der Waals surface area contributed by atoms with Gasteiger partial charge < -0.3 is 9.30 Å². The van der Waals surface area contributed by atoms with Gasteiger partial charge in [0.25, 0.3) is 0 Å². The van der Waals surface area contributed by atoms with E-state index >= 15 is 0 Å². The Balaban J connectivity index is 1.85. The molecule has 0 saturated heterocycles. The summed E-state index contributed by atoms with van der Waals surface area (Å²) in [5.41, 5.74) is 1.75. The van der Waals surface area contributed by atoms with Gasteiger partial charge in [0.1, 0.15) is 11.9 Å². The Hall–Kier alpha value is -2.55. The Morgan fingerprint density at radius 3 is 2.76 bits per heavy atom. The maximum Gasteiger partial charge on any atom is 0.171 e. The third-order valence-corrected chi connectivity index (χ3v) is 4.12. The molecule has 1 aromatic heterocycles. The SMILES string of the molecule is Cn1cccc1C1CC(=O)c2c(ccc3ccccc23)O1. The van der Waals surface area contributed by atoms with Crippen molar-refractivity contribution in [2.75, 3.05) is 0 Å². The number of aromatic nitrogens is 1. The highest BCUT2D eigenvalue weighted by molar-refractivity contribution is 6.11. The molecule has 104 valence electrons. The van der Waals surface area contributed by atoms with E-state index in [1.165, 1.54) is 0 Å². The second-order valence-electron chi connectivity index (χ2n) is 5.44. The zero-order valence-electron chi connectivity index (χ0n) is 11.7. The molecule has 3 nitrogen and oxygen atoms in total. The number of nitrogens with zero attached hydrogens (tertiary/aromatic N) is 1. The van der Waals surface area contributed by atoms with Crippen LogP contribution >= 0.6 is 0 Å². The topological polar surface area (TPSA) is 31.2 Å². The summed E-state index contributed by atoms with van der Waals surface area (Å²) in [6.45, 7) is 0. The number of hydrogen-bond acceptors (Lipinski definition) is 2. The van der Waals surface area contributed by atoms with Gasteiger partial charge in [-0.25, -0.2) is 0 Å². The maximum absolute atomic E-state index is 12.6. The molecule has 3 aromatic rings. The summed E-state index contributed by atoms with van der Waals surface area (Å²) in [7, 11) is 1.97. The molecule has 0 spiro atoms. The Bertz CT molecular complexity index is 847. The van der Waals surface area contributed by atoms with Gasteiger partial charge in [-0.2, -0.15) is 0 Å². The molecule has 1 unspecified atom stereocenters. The predicted octanol–water partition coefficient (Wildman–Crippen LogP) is 3.88. The van der Waals surface area contributed by atoms with Crippen LogP contribution in [0.2, 0.25) is 0 Å². The zero-order chi connectivity index (χ0) is 14.4. The molecule has 21 heavy (non-hydrogen) atoms. The van der Waals surface area contributed by atoms with Crippen LogP contribution in [0.4, 0.5) is 0 Å². The normalized spacial score (nSPS) is 17.6. The van der Waals surface area contributed by atoms with E-state index in [-0.39, 0.29) is 11.9 Å². The first-order valence-corrected chi connectivity index (χ1v) is 7.07. The summed E-state index contributed by atoms with van der Waals surface area (Å²) in [4.78, 5) is 12.6. The first-order valence-electron chi connectivity index (χ1n) is 7.07. The van der Waals surface area contributed by atoms with Crippen LogP contribution in [0, 0.1) is 0 Å². The summed E-state index contributed by atoms with van der Waals surface area (Å²) in [5, 5.41) is 2.05. The summed E-state index contributed by atoms with van der Waals surface area (Å²) >= 11 is 0. The summed E-state index contributed by atoms with van der Waals surface area (Å²) in [5.74, 6) is 0.843. The van der Waals surface area contributed by atoms with Crippen molar-refractivity contribution in [3.8, 4) is 5.75 Å². The van der Waals surface area contributed by atoms with Crippen LogP contribution in [0.25, 0.3) is 10.8 Å². The fourth-order valence-corrected chi connectivity index (χ4v) is 3.08. The average Bonchev–Trinajstić information content (AvgIpc) is 2.92. The van der Waals surface area contributed by atoms with Crippen molar-refractivity contribution in [1.82, 2.24) is 4.57 Å². The highest BCUT2D eigenvalue weighted by Gasteiger charge is 2.30. The number of ether oxygens (including phenoxy) is 1. The van der Waals surface area contributed by atoms with Crippen molar-refractivity contribution in [3.63, 3.8) is 0 Å². The number of hydrogen-bond donors (Lipinski definition) is 0. The average molecular weight is 277 g/mol. The van der Waals surface area contributed by atoms with E-state index in [1.54, 1.807) is 0 Å². The first kappa shape index (κ1) is 12.2. The number of fused-ring (bicyclic) bond motifs is 3. The molecule has 0 saturated carbocycles. The molecule has 0 N–H and O–H groups in total. The third-order valence-electron chi connectivity index (χ3n) is 4.12. The van der Waals surface area contributed by atoms with E-state index in [0.717, 1.165) is 22.0 Å². The molecule has 1 atom stereocenters. The second-order valence-corrected chi connectivity index (χ2v) is 5.44. The van der Waals surface area contributed by atoms with Gasteiger partial charge in [0.15, 0.2) is 5.78 Å². The van der Waals surface area contributed by atoms with Gasteiger partial charge in [-0.15, -0.1) is 0 Å². The summed E-state index contributed by atoms with van der Waals surface area (Å²) in [6, 6.07) is 15.8. The minimum atomic E-state index is -0.203. The maximum atomic E-state index is 12.6. The number of Topliss-reactive ketones (excluding diaryl/α,β-unsaturated/α-hetero) is 1. The van der Waals surface area contributed by atoms with E-state index in [4.69, 9.17) is 4.74 Å². The van der Waals surface area contributed by atoms with E-state index < -0.39 is 0 Å². The lowest BCUT2D eigenvalue weighted by Crippen LogP contribution is -2.22. The molecular formula is C18H15NO2.